The Kier molecular flexibility index (Phi) is 6.07. The van der Waals surface area contributed by atoms with E-state index in [4.69, 9.17) is 0 Å². The summed E-state index contributed by atoms with van der Waals surface area (Å²) in [7, 11) is 0. The molecule has 0 aliphatic carbocycles. The lowest BCUT2D eigenvalue weighted by atomic mass is 10.0. The van der Waals surface area contributed by atoms with Gasteiger partial charge >= 0.3 is 0 Å². The van der Waals surface area contributed by atoms with E-state index >= 15 is 0 Å². The van der Waals surface area contributed by atoms with Gasteiger partial charge in [0, 0.05) is 37.4 Å². The van der Waals surface area contributed by atoms with Gasteiger partial charge in [-0.2, -0.15) is 0 Å². The Morgan fingerprint density at radius 1 is 1.19 bits per heavy atom. The highest BCUT2D eigenvalue weighted by Crippen LogP contribution is 2.29. The highest BCUT2D eigenvalue weighted by molar-refractivity contribution is 5.55. The van der Waals surface area contributed by atoms with Crippen LogP contribution in [0.5, 0.6) is 0 Å². The number of rotatable bonds is 6. The van der Waals surface area contributed by atoms with E-state index in [1.807, 2.05) is 0 Å². The zero-order chi connectivity index (χ0) is 15.2. The van der Waals surface area contributed by atoms with Crippen LogP contribution in [0, 0.1) is 0 Å². The first-order valence-corrected chi connectivity index (χ1v) is 8.52. The first kappa shape index (κ1) is 16.3. The van der Waals surface area contributed by atoms with Crippen LogP contribution in [0.25, 0.3) is 0 Å². The van der Waals surface area contributed by atoms with Crippen molar-refractivity contribution in [3.05, 3.63) is 29.8 Å². The molecule has 1 heterocycles. The monoisotopic (exact) mass is 289 g/mol. The minimum absolute atomic E-state index is 0.464. The zero-order valence-electron chi connectivity index (χ0n) is 14.1. The summed E-state index contributed by atoms with van der Waals surface area (Å²) in [6, 6.07) is 10.0. The molecular formula is C18H31N3. The molecule has 1 aliphatic heterocycles. The fourth-order valence-electron chi connectivity index (χ4n) is 3.47. The number of benzene rings is 1. The number of piperazine rings is 1. The second-order valence-electron chi connectivity index (χ2n) is 6.00. The largest absolute Gasteiger partial charge is 0.368 e. The molecule has 1 aromatic carbocycles. The van der Waals surface area contributed by atoms with Crippen LogP contribution in [0.4, 0.5) is 5.69 Å². The molecule has 3 nitrogen and oxygen atoms in total. The topological polar surface area (TPSA) is 18.5 Å². The number of nitrogens with one attached hydrogen (secondary N) is 1. The summed E-state index contributed by atoms with van der Waals surface area (Å²) in [5.41, 5.74) is 2.88. The maximum Gasteiger partial charge on any atom is 0.0415 e. The van der Waals surface area contributed by atoms with E-state index in [-0.39, 0.29) is 0 Å². The van der Waals surface area contributed by atoms with Gasteiger partial charge in [0.1, 0.15) is 0 Å². The second kappa shape index (κ2) is 7.81. The van der Waals surface area contributed by atoms with Gasteiger partial charge in [-0.05, 0) is 38.1 Å². The zero-order valence-corrected chi connectivity index (χ0v) is 14.1. The molecule has 118 valence electrons. The van der Waals surface area contributed by atoms with Crippen molar-refractivity contribution in [1.82, 2.24) is 10.2 Å². The van der Waals surface area contributed by atoms with Crippen molar-refractivity contribution in [3.63, 3.8) is 0 Å². The van der Waals surface area contributed by atoms with E-state index in [2.05, 4.69) is 67.1 Å². The molecule has 1 fully saturated rings. The molecule has 3 heteroatoms. The average Bonchev–Trinajstić information content (AvgIpc) is 2.52. The fourth-order valence-corrected chi connectivity index (χ4v) is 3.47. The summed E-state index contributed by atoms with van der Waals surface area (Å²) in [4.78, 5) is 5.15. The lowest BCUT2D eigenvalue weighted by Gasteiger charge is -2.41. The Balaban J connectivity index is 2.20. The molecular weight excluding hydrogens is 258 g/mol. The number of hydrogen-bond donors (Lipinski definition) is 1. The van der Waals surface area contributed by atoms with Crippen LogP contribution in [0.1, 0.15) is 45.7 Å². The number of hydrogen-bond acceptors (Lipinski definition) is 3. The van der Waals surface area contributed by atoms with Crippen LogP contribution in [0.15, 0.2) is 24.3 Å². The highest BCUT2D eigenvalue weighted by Gasteiger charge is 2.25. The van der Waals surface area contributed by atoms with E-state index in [9.17, 15) is 0 Å². The molecule has 0 saturated carbocycles. The molecule has 1 aromatic rings. The lowest BCUT2D eigenvalue weighted by Crippen LogP contribution is -2.52. The summed E-state index contributed by atoms with van der Waals surface area (Å²) in [5, 5.41) is 3.62. The Morgan fingerprint density at radius 2 is 1.95 bits per heavy atom. The van der Waals surface area contributed by atoms with Crippen LogP contribution >= 0.6 is 0 Å². The van der Waals surface area contributed by atoms with E-state index in [1.165, 1.54) is 17.8 Å². The molecule has 0 spiro atoms. The van der Waals surface area contributed by atoms with Crippen molar-refractivity contribution < 1.29 is 0 Å². The summed E-state index contributed by atoms with van der Waals surface area (Å²) < 4.78 is 0. The molecule has 1 N–H and O–H groups in total. The molecule has 0 amide bonds. The molecule has 0 bridgehead atoms. The second-order valence-corrected chi connectivity index (χ2v) is 6.00. The summed E-state index contributed by atoms with van der Waals surface area (Å²) in [5.74, 6) is 0. The van der Waals surface area contributed by atoms with Gasteiger partial charge in [0.05, 0.1) is 0 Å². The molecule has 0 radical (unpaired) electrons. The normalized spacial score (nSPS) is 21.5. The number of anilines is 1. The number of para-hydroxylation sites is 1. The van der Waals surface area contributed by atoms with Gasteiger partial charge in [0.25, 0.3) is 0 Å². The van der Waals surface area contributed by atoms with Gasteiger partial charge in [-0.1, -0.05) is 39.0 Å². The van der Waals surface area contributed by atoms with E-state index in [0.29, 0.717) is 12.1 Å². The van der Waals surface area contributed by atoms with Gasteiger partial charge < -0.3 is 10.2 Å². The standard InChI is InChI=1S/C18H31N3/c1-5-17(19-6-2)16-10-8-9-11-18(16)21-13-12-20(7-3)15(4)14-21/h8-11,15,17,19H,5-7,12-14H2,1-4H3. The summed E-state index contributed by atoms with van der Waals surface area (Å²) in [6.07, 6.45) is 1.13. The molecule has 1 aliphatic rings. The molecule has 21 heavy (non-hydrogen) atoms. The minimum Gasteiger partial charge on any atom is -0.368 e. The van der Waals surface area contributed by atoms with Gasteiger partial charge in [-0.25, -0.2) is 0 Å². The van der Waals surface area contributed by atoms with Crippen molar-refractivity contribution in [1.29, 1.82) is 0 Å². The lowest BCUT2D eigenvalue weighted by molar-refractivity contribution is 0.199. The van der Waals surface area contributed by atoms with Gasteiger partial charge in [-0.15, -0.1) is 0 Å². The van der Waals surface area contributed by atoms with Crippen molar-refractivity contribution in [2.45, 2.75) is 46.2 Å². The highest BCUT2D eigenvalue weighted by atomic mass is 15.3. The van der Waals surface area contributed by atoms with E-state index < -0.39 is 0 Å². The minimum atomic E-state index is 0.464. The Labute approximate surface area is 130 Å². The van der Waals surface area contributed by atoms with Gasteiger partial charge in [0.2, 0.25) is 0 Å². The quantitative estimate of drug-likeness (QED) is 0.867. The first-order chi connectivity index (χ1) is 10.2. The maximum atomic E-state index is 3.62. The Hall–Kier alpha value is -1.06. The third kappa shape index (κ3) is 3.78. The van der Waals surface area contributed by atoms with Crippen LogP contribution in [-0.2, 0) is 0 Å². The van der Waals surface area contributed by atoms with Crippen molar-refractivity contribution >= 4 is 5.69 Å². The first-order valence-electron chi connectivity index (χ1n) is 8.52. The molecule has 2 atom stereocenters. The van der Waals surface area contributed by atoms with Crippen molar-refractivity contribution in [3.8, 4) is 0 Å². The summed E-state index contributed by atoms with van der Waals surface area (Å²) in [6.45, 7) is 14.7. The number of nitrogens with zero attached hydrogens (tertiary/aromatic N) is 2. The smallest absolute Gasteiger partial charge is 0.0415 e. The average molecular weight is 289 g/mol. The molecule has 2 unspecified atom stereocenters. The number of likely N-dealkylation sites (N-methyl/N-ethyl adjacent to an activating group) is 1. The predicted octanol–water partition coefficient (Wildman–Crippen LogP) is 3.28. The molecule has 1 saturated heterocycles. The van der Waals surface area contributed by atoms with Crippen LogP contribution in [0.2, 0.25) is 0 Å². The Bertz CT molecular complexity index is 432. The van der Waals surface area contributed by atoms with Gasteiger partial charge in [-0.3, -0.25) is 4.90 Å². The van der Waals surface area contributed by atoms with Crippen molar-refractivity contribution in [2.24, 2.45) is 0 Å². The Morgan fingerprint density at radius 3 is 2.57 bits per heavy atom. The van der Waals surface area contributed by atoms with Crippen LogP contribution < -0.4 is 10.2 Å². The fraction of sp³-hybridized carbons (Fsp3) is 0.667. The molecule has 2 rings (SSSR count). The van der Waals surface area contributed by atoms with Gasteiger partial charge in [0.15, 0.2) is 0 Å². The molecule has 0 aromatic heterocycles. The van der Waals surface area contributed by atoms with Crippen molar-refractivity contribution in [2.75, 3.05) is 37.6 Å². The maximum absolute atomic E-state index is 3.62. The summed E-state index contributed by atoms with van der Waals surface area (Å²) >= 11 is 0. The van der Waals surface area contributed by atoms with E-state index in [1.54, 1.807) is 0 Å². The SMILES string of the molecule is CCNC(CC)c1ccccc1N1CCN(CC)C(C)C1. The van der Waals surface area contributed by atoms with Crippen LogP contribution in [-0.4, -0.2) is 43.7 Å². The van der Waals surface area contributed by atoms with Crippen LogP contribution in [0.3, 0.4) is 0 Å². The van der Waals surface area contributed by atoms with E-state index in [0.717, 1.165) is 32.6 Å². The predicted molar refractivity (Wildman–Crippen MR) is 92.1 cm³/mol. The third-order valence-electron chi connectivity index (χ3n) is 4.68. The third-order valence-corrected chi connectivity index (χ3v) is 4.68.